The lowest BCUT2D eigenvalue weighted by Gasteiger charge is -2.43. The quantitative estimate of drug-likeness (QED) is 0.428. The maximum atomic E-state index is 12.0. The largest absolute Gasteiger partial charge is 0.626 e. The van der Waals surface area contributed by atoms with Gasteiger partial charge in [0.15, 0.2) is 0 Å². The van der Waals surface area contributed by atoms with Crippen LogP contribution in [0, 0.1) is 5.21 Å². The fraction of sp³-hybridized carbons (Fsp3) is 0.556. The van der Waals surface area contributed by atoms with Crippen LogP contribution in [0.1, 0.15) is 13.8 Å². The predicted molar refractivity (Wildman–Crippen MR) is 58.4 cm³/mol. The van der Waals surface area contributed by atoms with Gasteiger partial charge >= 0.3 is 0 Å². The van der Waals surface area contributed by atoms with Crippen LogP contribution in [0.4, 0.5) is 0 Å². The molecule has 0 spiro atoms. The third kappa shape index (κ3) is 2.89. The number of hydroxylamine groups is 3. The molecule has 0 saturated heterocycles. The van der Waals surface area contributed by atoms with Gasteiger partial charge in [0.25, 0.3) is 10.1 Å². The lowest BCUT2D eigenvalue weighted by molar-refractivity contribution is -0.871. The van der Waals surface area contributed by atoms with Crippen molar-refractivity contribution in [3.8, 4) is 0 Å². The molecule has 1 rings (SSSR count). The Bertz CT molecular complexity index is 439. The average molecular weight is 249 g/mol. The molecule has 0 bridgehead atoms. The molecular formula is C9H15NO5S. The van der Waals surface area contributed by atoms with E-state index in [0.717, 1.165) is 6.20 Å². The van der Waals surface area contributed by atoms with Crippen molar-refractivity contribution in [2.75, 3.05) is 12.3 Å². The SMILES string of the molecule is CC[N+]1([O-])C=C(CS(=O)(=O)O)C(C)=CC1O. The summed E-state index contributed by atoms with van der Waals surface area (Å²) in [6.45, 7) is 3.26. The van der Waals surface area contributed by atoms with E-state index < -0.39 is 26.7 Å². The van der Waals surface area contributed by atoms with Crippen LogP contribution in [-0.4, -0.2) is 41.2 Å². The molecule has 0 radical (unpaired) electrons. The van der Waals surface area contributed by atoms with Crippen molar-refractivity contribution in [1.82, 2.24) is 0 Å². The molecule has 7 heteroatoms. The number of nitrogens with zero attached hydrogens (tertiary/aromatic N) is 1. The minimum atomic E-state index is -4.17. The Kier molecular flexibility index (Phi) is 3.56. The highest BCUT2D eigenvalue weighted by Crippen LogP contribution is 2.26. The van der Waals surface area contributed by atoms with Crippen molar-refractivity contribution in [3.63, 3.8) is 0 Å². The first-order chi connectivity index (χ1) is 7.18. The zero-order valence-corrected chi connectivity index (χ0v) is 9.94. The van der Waals surface area contributed by atoms with Crippen molar-refractivity contribution < 1.29 is 22.7 Å². The minimum Gasteiger partial charge on any atom is -0.626 e. The van der Waals surface area contributed by atoms with Crippen LogP contribution in [0.5, 0.6) is 0 Å². The van der Waals surface area contributed by atoms with Crippen LogP contribution in [0.15, 0.2) is 23.4 Å². The van der Waals surface area contributed by atoms with Crippen molar-refractivity contribution >= 4 is 10.1 Å². The van der Waals surface area contributed by atoms with Crippen molar-refractivity contribution in [3.05, 3.63) is 28.6 Å². The van der Waals surface area contributed by atoms with Gasteiger partial charge in [-0.1, -0.05) is 0 Å². The molecule has 2 unspecified atom stereocenters. The molecule has 16 heavy (non-hydrogen) atoms. The molecule has 0 saturated carbocycles. The monoisotopic (exact) mass is 249 g/mol. The van der Waals surface area contributed by atoms with Gasteiger partial charge in [0.1, 0.15) is 12.0 Å². The topological polar surface area (TPSA) is 97.7 Å². The normalized spacial score (nSPS) is 30.9. The standard InChI is InChI=1S/C9H15NO5S/c1-3-10(12)5-8(6-16(13,14)15)7(2)4-9(10)11/h4-5,9,11H,3,6H2,1-2H3,(H,13,14,15). The Hall–Kier alpha value is -0.730. The van der Waals surface area contributed by atoms with Crippen LogP contribution < -0.4 is 0 Å². The first-order valence-electron chi connectivity index (χ1n) is 4.80. The number of hydrogen-bond acceptors (Lipinski definition) is 4. The van der Waals surface area contributed by atoms with Crippen LogP contribution in [0.3, 0.4) is 0 Å². The van der Waals surface area contributed by atoms with Crippen LogP contribution in [0.25, 0.3) is 0 Å². The molecule has 1 aliphatic rings. The molecule has 0 aliphatic carbocycles. The predicted octanol–water partition coefficient (Wildman–Crippen LogP) is 0.371. The second-order valence-electron chi connectivity index (χ2n) is 3.81. The molecule has 0 fully saturated rings. The Balaban J connectivity index is 3.09. The van der Waals surface area contributed by atoms with Crippen LogP contribution in [-0.2, 0) is 10.1 Å². The number of aliphatic hydroxyl groups excluding tert-OH is 1. The first kappa shape index (κ1) is 13.3. The van der Waals surface area contributed by atoms with E-state index in [1.54, 1.807) is 13.8 Å². The highest BCUT2D eigenvalue weighted by molar-refractivity contribution is 7.86. The van der Waals surface area contributed by atoms with Gasteiger partial charge in [0.05, 0.1) is 6.54 Å². The molecule has 2 atom stereocenters. The Morgan fingerprint density at radius 3 is 2.56 bits per heavy atom. The fourth-order valence-corrected chi connectivity index (χ4v) is 2.22. The number of allylic oxidation sites excluding steroid dienone is 1. The highest BCUT2D eigenvalue weighted by atomic mass is 32.2. The summed E-state index contributed by atoms with van der Waals surface area (Å²) in [6, 6.07) is 0. The molecule has 2 N–H and O–H groups in total. The summed E-state index contributed by atoms with van der Waals surface area (Å²) in [7, 11) is -4.17. The lowest BCUT2D eigenvalue weighted by Crippen LogP contribution is -2.47. The van der Waals surface area contributed by atoms with E-state index in [-0.39, 0.29) is 12.1 Å². The molecule has 0 aromatic carbocycles. The summed E-state index contributed by atoms with van der Waals surface area (Å²) >= 11 is 0. The Morgan fingerprint density at radius 1 is 1.56 bits per heavy atom. The van der Waals surface area contributed by atoms with E-state index in [1.807, 2.05) is 0 Å². The Morgan fingerprint density at radius 2 is 2.12 bits per heavy atom. The maximum absolute atomic E-state index is 12.0. The minimum absolute atomic E-state index is 0.0833. The van der Waals surface area contributed by atoms with Crippen molar-refractivity contribution in [1.29, 1.82) is 0 Å². The molecule has 0 amide bonds. The van der Waals surface area contributed by atoms with Crippen molar-refractivity contribution in [2.45, 2.75) is 20.1 Å². The van der Waals surface area contributed by atoms with Gasteiger partial charge in [-0.2, -0.15) is 8.42 Å². The van der Waals surface area contributed by atoms with Gasteiger partial charge in [-0.3, -0.25) is 4.55 Å². The number of hydrogen-bond donors (Lipinski definition) is 2. The summed E-state index contributed by atoms with van der Waals surface area (Å²) in [5.74, 6) is -0.607. The fourth-order valence-electron chi connectivity index (χ4n) is 1.52. The average Bonchev–Trinajstić information content (AvgIpc) is 2.12. The molecule has 92 valence electrons. The molecule has 1 aliphatic heterocycles. The molecule has 6 nitrogen and oxygen atoms in total. The zero-order chi connectivity index (χ0) is 12.6. The lowest BCUT2D eigenvalue weighted by atomic mass is 10.1. The van der Waals surface area contributed by atoms with Gasteiger partial charge in [0, 0.05) is 11.6 Å². The summed E-state index contributed by atoms with van der Waals surface area (Å²) in [6.07, 6.45) is 1.21. The van der Waals surface area contributed by atoms with Gasteiger partial charge in [0.2, 0.25) is 6.23 Å². The molecule has 0 aromatic heterocycles. The smallest absolute Gasteiger partial charge is 0.269 e. The van der Waals surface area contributed by atoms with E-state index >= 15 is 0 Å². The summed E-state index contributed by atoms with van der Waals surface area (Å²) in [5.41, 5.74) is 0.716. The first-order valence-corrected chi connectivity index (χ1v) is 6.41. The number of quaternary nitrogens is 1. The highest BCUT2D eigenvalue weighted by Gasteiger charge is 2.29. The van der Waals surface area contributed by atoms with Crippen molar-refractivity contribution in [2.24, 2.45) is 0 Å². The van der Waals surface area contributed by atoms with E-state index in [4.69, 9.17) is 4.55 Å². The zero-order valence-electron chi connectivity index (χ0n) is 9.12. The van der Waals surface area contributed by atoms with Crippen LogP contribution >= 0.6 is 0 Å². The molecule has 1 heterocycles. The van der Waals surface area contributed by atoms with Gasteiger partial charge in [-0.25, -0.2) is 0 Å². The summed E-state index contributed by atoms with van der Waals surface area (Å²) in [4.78, 5) is 0. The van der Waals surface area contributed by atoms with Gasteiger partial charge in [-0.05, 0) is 19.4 Å². The second-order valence-corrected chi connectivity index (χ2v) is 5.27. The van der Waals surface area contributed by atoms with E-state index in [2.05, 4.69) is 0 Å². The number of rotatable bonds is 3. The van der Waals surface area contributed by atoms with E-state index in [9.17, 15) is 18.7 Å². The van der Waals surface area contributed by atoms with E-state index in [1.165, 1.54) is 6.08 Å². The summed E-state index contributed by atoms with van der Waals surface area (Å²) in [5, 5.41) is 21.5. The molecular weight excluding hydrogens is 234 g/mol. The maximum Gasteiger partial charge on any atom is 0.269 e. The summed E-state index contributed by atoms with van der Waals surface area (Å²) < 4.78 is 29.2. The van der Waals surface area contributed by atoms with Gasteiger partial charge in [-0.15, -0.1) is 0 Å². The third-order valence-corrected chi connectivity index (χ3v) is 3.24. The Labute approximate surface area is 94.4 Å². The van der Waals surface area contributed by atoms with Crippen LogP contribution in [0.2, 0.25) is 0 Å². The molecule has 0 aromatic rings. The second kappa shape index (κ2) is 4.27. The number of likely N-dealkylation sites (N-methyl/N-ethyl adjacent to an activating group) is 1. The third-order valence-electron chi connectivity index (χ3n) is 2.56. The number of aliphatic hydroxyl groups is 1. The van der Waals surface area contributed by atoms with Gasteiger partial charge < -0.3 is 15.0 Å². The van der Waals surface area contributed by atoms with E-state index in [0.29, 0.717) is 5.57 Å².